The molecule has 0 aliphatic rings. The molecule has 0 unspecified atom stereocenters. The van der Waals surface area contributed by atoms with E-state index in [0.717, 1.165) is 21.9 Å². The Bertz CT molecular complexity index is 1140. The Morgan fingerprint density at radius 3 is 2.11 bits per heavy atom. The maximum absolute atomic E-state index is 14.0. The lowest BCUT2D eigenvalue weighted by molar-refractivity contribution is 0.0829. The number of rotatable bonds is 12. The average Bonchev–Trinajstić information content (AvgIpc) is 3.10. The molecule has 0 saturated heterocycles. The SMILES string of the molecule is C[Si](C)(C)CCOCn1c(C(c2ccc(F)c(Cl)c2)c2ccc(F)c(Cl)c2)nc(I)c1CCCCO. The van der Waals surface area contributed by atoms with Gasteiger partial charge in [-0.2, -0.15) is 0 Å². The van der Waals surface area contributed by atoms with E-state index >= 15 is 0 Å². The fraction of sp³-hybridized carbons (Fsp3) is 0.423. The maximum Gasteiger partial charge on any atom is 0.141 e. The quantitative estimate of drug-likeness (QED) is 0.122. The van der Waals surface area contributed by atoms with Gasteiger partial charge in [0.25, 0.3) is 0 Å². The van der Waals surface area contributed by atoms with Crippen molar-refractivity contribution in [2.45, 2.75) is 57.6 Å². The third-order valence-corrected chi connectivity index (χ3v) is 9.05. The number of aliphatic hydroxyl groups is 1. The number of benzene rings is 2. The Hall–Kier alpha value is -1.04. The van der Waals surface area contributed by atoms with Crippen molar-refractivity contribution in [3.05, 3.63) is 84.4 Å². The lowest BCUT2D eigenvalue weighted by atomic mass is 9.90. The minimum absolute atomic E-state index is 0.00642. The monoisotopic (exact) mass is 666 g/mol. The van der Waals surface area contributed by atoms with E-state index in [-0.39, 0.29) is 16.7 Å². The van der Waals surface area contributed by atoms with Gasteiger partial charge in [-0.05, 0) is 83.3 Å². The van der Waals surface area contributed by atoms with Crippen molar-refractivity contribution in [2.75, 3.05) is 13.2 Å². The Kier molecular flexibility index (Phi) is 10.8. The van der Waals surface area contributed by atoms with Gasteiger partial charge in [0.1, 0.15) is 27.9 Å². The van der Waals surface area contributed by atoms with Crippen molar-refractivity contribution in [3.63, 3.8) is 0 Å². The smallest absolute Gasteiger partial charge is 0.141 e. The fourth-order valence-electron chi connectivity index (χ4n) is 3.89. The third-order valence-electron chi connectivity index (χ3n) is 5.90. The number of aliphatic hydroxyl groups excluding tert-OH is 1. The van der Waals surface area contributed by atoms with Crippen molar-refractivity contribution in [3.8, 4) is 0 Å². The van der Waals surface area contributed by atoms with Crippen LogP contribution in [0.25, 0.3) is 0 Å². The van der Waals surface area contributed by atoms with Gasteiger partial charge in [0.15, 0.2) is 0 Å². The van der Waals surface area contributed by atoms with Crippen LogP contribution in [0.2, 0.25) is 35.7 Å². The minimum atomic E-state index is -1.27. The topological polar surface area (TPSA) is 47.3 Å². The Morgan fingerprint density at radius 2 is 1.61 bits per heavy atom. The first-order chi connectivity index (χ1) is 17.0. The molecule has 0 atom stereocenters. The standard InChI is InChI=1S/C26H31Cl2F2IN2O2Si/c1-36(2,3)13-12-35-16-33-23(6-4-5-11-34)25(31)32-26(33)24(17-7-9-21(29)19(27)14-17)18-8-10-22(30)20(28)15-18/h7-10,14-15,24,34H,4-6,11-13,16H2,1-3H3. The molecule has 3 rings (SSSR count). The second-order valence-corrected chi connectivity index (χ2v) is 17.4. The van der Waals surface area contributed by atoms with Gasteiger partial charge in [0.2, 0.25) is 0 Å². The summed E-state index contributed by atoms with van der Waals surface area (Å²) >= 11 is 14.5. The van der Waals surface area contributed by atoms with E-state index in [1.54, 1.807) is 24.3 Å². The highest BCUT2D eigenvalue weighted by Crippen LogP contribution is 2.36. The van der Waals surface area contributed by atoms with Crippen molar-refractivity contribution in [1.82, 2.24) is 9.55 Å². The first kappa shape index (κ1) is 29.5. The van der Waals surface area contributed by atoms with Crippen LogP contribution in [0.5, 0.6) is 0 Å². The second kappa shape index (κ2) is 13.2. The summed E-state index contributed by atoms with van der Waals surface area (Å²) in [6.45, 7) is 7.95. The molecule has 0 fully saturated rings. The Labute approximate surface area is 236 Å². The highest BCUT2D eigenvalue weighted by Gasteiger charge is 2.27. The highest BCUT2D eigenvalue weighted by atomic mass is 127. The zero-order chi connectivity index (χ0) is 26.5. The van der Waals surface area contributed by atoms with Gasteiger partial charge < -0.3 is 14.4 Å². The predicted molar refractivity (Wildman–Crippen MR) is 153 cm³/mol. The fourth-order valence-corrected chi connectivity index (χ4v) is 5.83. The van der Waals surface area contributed by atoms with Gasteiger partial charge in [-0.15, -0.1) is 0 Å². The van der Waals surface area contributed by atoms with E-state index in [1.165, 1.54) is 12.1 Å². The molecule has 0 radical (unpaired) electrons. The molecule has 1 heterocycles. The molecular formula is C26H31Cl2F2IN2O2Si. The molecule has 1 aromatic heterocycles. The molecule has 36 heavy (non-hydrogen) atoms. The number of hydrogen-bond acceptors (Lipinski definition) is 3. The molecule has 196 valence electrons. The molecule has 0 amide bonds. The van der Waals surface area contributed by atoms with E-state index < -0.39 is 25.6 Å². The first-order valence-electron chi connectivity index (χ1n) is 11.8. The van der Waals surface area contributed by atoms with Crippen LogP contribution >= 0.6 is 45.8 Å². The zero-order valence-corrected chi connectivity index (χ0v) is 25.3. The molecule has 1 N–H and O–H groups in total. The summed E-state index contributed by atoms with van der Waals surface area (Å²) in [6, 6.07) is 10.1. The number of aromatic nitrogens is 2. The first-order valence-corrected chi connectivity index (χ1v) is 17.4. The van der Waals surface area contributed by atoms with Crippen LogP contribution in [0.15, 0.2) is 36.4 Å². The van der Waals surface area contributed by atoms with Gasteiger partial charge in [0.05, 0.1) is 21.7 Å². The van der Waals surface area contributed by atoms with Gasteiger partial charge in [-0.1, -0.05) is 55.0 Å². The van der Waals surface area contributed by atoms with Crippen molar-refractivity contribution < 1.29 is 18.6 Å². The van der Waals surface area contributed by atoms with Crippen LogP contribution in [0, 0.1) is 15.3 Å². The molecular weight excluding hydrogens is 636 g/mol. The molecule has 2 aromatic carbocycles. The van der Waals surface area contributed by atoms with Crippen LogP contribution < -0.4 is 0 Å². The molecule has 4 nitrogen and oxygen atoms in total. The summed E-state index contributed by atoms with van der Waals surface area (Å²) in [5.41, 5.74) is 2.41. The average molecular weight is 667 g/mol. The van der Waals surface area contributed by atoms with E-state index in [4.69, 9.17) is 32.9 Å². The molecule has 3 aromatic rings. The zero-order valence-electron chi connectivity index (χ0n) is 20.6. The minimum Gasteiger partial charge on any atom is -0.396 e. The van der Waals surface area contributed by atoms with Gasteiger partial charge >= 0.3 is 0 Å². The predicted octanol–water partition coefficient (Wildman–Crippen LogP) is 7.88. The summed E-state index contributed by atoms with van der Waals surface area (Å²) in [5, 5.41) is 9.28. The van der Waals surface area contributed by atoms with Crippen LogP contribution in [0.3, 0.4) is 0 Å². The van der Waals surface area contributed by atoms with Gasteiger partial charge in [-0.25, -0.2) is 13.8 Å². The molecule has 0 aliphatic carbocycles. The summed E-state index contributed by atoms with van der Waals surface area (Å²) < 4.78 is 37.1. The van der Waals surface area contributed by atoms with Crippen LogP contribution in [-0.2, 0) is 17.9 Å². The molecule has 10 heteroatoms. The molecule has 0 aliphatic heterocycles. The Morgan fingerprint density at radius 1 is 1.03 bits per heavy atom. The number of imidazole rings is 1. The summed E-state index contributed by atoms with van der Waals surface area (Å²) in [4.78, 5) is 4.92. The third kappa shape index (κ3) is 7.74. The lowest BCUT2D eigenvalue weighted by Gasteiger charge is -2.22. The number of unbranched alkanes of at least 4 members (excludes halogenated alkanes) is 1. The number of ether oxygens (including phenoxy) is 1. The normalized spacial score (nSPS) is 12.1. The molecule has 0 spiro atoms. The number of nitrogens with zero attached hydrogens (tertiary/aromatic N) is 2. The van der Waals surface area contributed by atoms with Crippen LogP contribution in [0.1, 0.15) is 41.4 Å². The van der Waals surface area contributed by atoms with E-state index in [1.807, 2.05) is 4.57 Å². The number of hydrogen-bond donors (Lipinski definition) is 1. The van der Waals surface area contributed by atoms with Crippen molar-refractivity contribution in [1.29, 1.82) is 0 Å². The van der Waals surface area contributed by atoms with Crippen LogP contribution in [-0.4, -0.2) is 35.9 Å². The van der Waals surface area contributed by atoms with Crippen LogP contribution in [0.4, 0.5) is 8.78 Å². The summed E-state index contributed by atoms with van der Waals surface area (Å²) in [7, 11) is -1.27. The summed E-state index contributed by atoms with van der Waals surface area (Å²) in [6.07, 6.45) is 2.18. The van der Waals surface area contributed by atoms with E-state index in [0.29, 0.717) is 43.1 Å². The van der Waals surface area contributed by atoms with E-state index in [9.17, 15) is 13.9 Å². The largest absolute Gasteiger partial charge is 0.396 e. The van der Waals surface area contributed by atoms with Crippen molar-refractivity contribution in [2.24, 2.45) is 0 Å². The molecule has 0 bridgehead atoms. The van der Waals surface area contributed by atoms with E-state index in [2.05, 4.69) is 42.2 Å². The maximum atomic E-state index is 14.0. The highest BCUT2D eigenvalue weighted by molar-refractivity contribution is 14.1. The van der Waals surface area contributed by atoms with Gasteiger partial charge in [0, 0.05) is 21.3 Å². The van der Waals surface area contributed by atoms with Crippen molar-refractivity contribution >= 4 is 53.9 Å². The number of halogens is 5. The summed E-state index contributed by atoms with van der Waals surface area (Å²) in [5.74, 6) is -0.846. The lowest BCUT2D eigenvalue weighted by Crippen LogP contribution is -2.23. The Balaban J connectivity index is 2.12. The molecule has 0 saturated carbocycles. The van der Waals surface area contributed by atoms with Gasteiger partial charge in [-0.3, -0.25) is 0 Å². The second-order valence-electron chi connectivity index (χ2n) is 9.94.